The molecule has 0 amide bonds. The molecule has 2 nitrogen and oxygen atoms in total. The maximum absolute atomic E-state index is 3.71. The molecule has 1 saturated heterocycles. The molecule has 0 aromatic rings. The first kappa shape index (κ1) is 15.3. The van der Waals surface area contributed by atoms with E-state index in [1.165, 1.54) is 84.0 Å². The quantitative estimate of drug-likeness (QED) is 0.705. The monoisotopic (exact) mass is 266 g/mol. The molecule has 1 unspecified atom stereocenters. The first-order valence-electron chi connectivity index (χ1n) is 8.74. The highest BCUT2D eigenvalue weighted by atomic mass is 15.2. The van der Waals surface area contributed by atoms with Crippen molar-refractivity contribution in [3.63, 3.8) is 0 Å². The van der Waals surface area contributed by atoms with E-state index in [4.69, 9.17) is 0 Å². The minimum atomic E-state index is 0.597. The molecule has 2 fully saturated rings. The van der Waals surface area contributed by atoms with Crippen molar-refractivity contribution in [2.75, 3.05) is 26.2 Å². The Hall–Kier alpha value is -0.0800. The van der Waals surface area contributed by atoms with Gasteiger partial charge in [-0.2, -0.15) is 0 Å². The van der Waals surface area contributed by atoms with Gasteiger partial charge in [-0.05, 0) is 57.0 Å². The van der Waals surface area contributed by atoms with Crippen LogP contribution in [0.5, 0.6) is 0 Å². The maximum Gasteiger partial charge on any atom is 0.00928 e. The van der Waals surface area contributed by atoms with Crippen LogP contribution in [0.1, 0.15) is 71.6 Å². The molecule has 0 aromatic carbocycles. The van der Waals surface area contributed by atoms with Gasteiger partial charge in [0.2, 0.25) is 0 Å². The summed E-state index contributed by atoms with van der Waals surface area (Å²) in [4.78, 5) is 2.84. The molecular formula is C17H34N2. The van der Waals surface area contributed by atoms with Gasteiger partial charge in [0.15, 0.2) is 0 Å². The van der Waals surface area contributed by atoms with Crippen LogP contribution in [0.3, 0.4) is 0 Å². The molecule has 112 valence electrons. The van der Waals surface area contributed by atoms with E-state index in [1.807, 2.05) is 0 Å². The Kier molecular flexibility index (Phi) is 6.15. The fourth-order valence-electron chi connectivity index (χ4n) is 4.21. The van der Waals surface area contributed by atoms with E-state index in [0.717, 1.165) is 6.04 Å². The van der Waals surface area contributed by atoms with Gasteiger partial charge in [-0.15, -0.1) is 0 Å². The molecule has 2 rings (SSSR count). The number of likely N-dealkylation sites (tertiary alicyclic amines) is 1. The standard InChI is InChI=1S/C17H34N2/c1-3-12-18-14-17(10-6-7-11-17)15-19-13-8-5-9-16(19)4-2/h16,18H,3-15H2,1-2H3. The fraction of sp³-hybridized carbons (Fsp3) is 1.00. The summed E-state index contributed by atoms with van der Waals surface area (Å²) in [6.45, 7) is 9.81. The van der Waals surface area contributed by atoms with Crippen LogP contribution >= 0.6 is 0 Å². The number of piperidine rings is 1. The molecule has 0 aromatic heterocycles. The second kappa shape index (κ2) is 7.64. The van der Waals surface area contributed by atoms with Crippen LogP contribution in [-0.2, 0) is 0 Å². The largest absolute Gasteiger partial charge is 0.316 e. The third-order valence-electron chi connectivity index (χ3n) is 5.35. The van der Waals surface area contributed by atoms with Crippen molar-refractivity contribution >= 4 is 0 Å². The van der Waals surface area contributed by atoms with Crippen molar-refractivity contribution in [3.8, 4) is 0 Å². The summed E-state index contributed by atoms with van der Waals surface area (Å²) in [6.07, 6.45) is 12.8. The normalized spacial score (nSPS) is 27.8. The minimum Gasteiger partial charge on any atom is -0.316 e. The van der Waals surface area contributed by atoms with E-state index in [2.05, 4.69) is 24.1 Å². The molecule has 0 bridgehead atoms. The Morgan fingerprint density at radius 3 is 2.58 bits per heavy atom. The number of rotatable bonds is 7. The zero-order valence-electron chi connectivity index (χ0n) is 13.2. The Morgan fingerprint density at radius 1 is 1.11 bits per heavy atom. The van der Waals surface area contributed by atoms with E-state index in [0.29, 0.717) is 5.41 Å². The van der Waals surface area contributed by atoms with Crippen molar-refractivity contribution in [1.82, 2.24) is 10.2 Å². The van der Waals surface area contributed by atoms with Crippen molar-refractivity contribution in [3.05, 3.63) is 0 Å². The van der Waals surface area contributed by atoms with E-state index in [9.17, 15) is 0 Å². The van der Waals surface area contributed by atoms with E-state index < -0.39 is 0 Å². The van der Waals surface area contributed by atoms with Crippen LogP contribution in [0.15, 0.2) is 0 Å². The van der Waals surface area contributed by atoms with Crippen molar-refractivity contribution < 1.29 is 0 Å². The lowest BCUT2D eigenvalue weighted by Gasteiger charge is -2.42. The minimum absolute atomic E-state index is 0.597. The van der Waals surface area contributed by atoms with Gasteiger partial charge in [0.25, 0.3) is 0 Å². The predicted octanol–water partition coefficient (Wildman–Crippen LogP) is 3.81. The number of hydrogen-bond donors (Lipinski definition) is 1. The van der Waals surface area contributed by atoms with Gasteiger partial charge in [0.05, 0.1) is 0 Å². The van der Waals surface area contributed by atoms with Gasteiger partial charge in [0.1, 0.15) is 0 Å². The maximum atomic E-state index is 3.71. The molecule has 0 radical (unpaired) electrons. The summed E-state index contributed by atoms with van der Waals surface area (Å²) in [5, 5.41) is 3.71. The van der Waals surface area contributed by atoms with Crippen molar-refractivity contribution in [1.29, 1.82) is 0 Å². The molecule has 1 atom stereocenters. The summed E-state index contributed by atoms with van der Waals surface area (Å²) in [5.74, 6) is 0. The smallest absolute Gasteiger partial charge is 0.00928 e. The van der Waals surface area contributed by atoms with Crippen LogP contribution in [0.4, 0.5) is 0 Å². The van der Waals surface area contributed by atoms with Gasteiger partial charge in [-0.25, -0.2) is 0 Å². The third-order valence-corrected chi connectivity index (χ3v) is 5.35. The second-order valence-corrected chi connectivity index (χ2v) is 6.91. The molecule has 1 heterocycles. The van der Waals surface area contributed by atoms with Crippen LogP contribution < -0.4 is 5.32 Å². The summed E-state index contributed by atoms with van der Waals surface area (Å²) in [6, 6.07) is 0.873. The molecule has 1 saturated carbocycles. The van der Waals surface area contributed by atoms with E-state index in [-0.39, 0.29) is 0 Å². The Morgan fingerprint density at radius 2 is 1.89 bits per heavy atom. The fourth-order valence-corrected chi connectivity index (χ4v) is 4.21. The highest BCUT2D eigenvalue weighted by molar-refractivity contribution is 4.91. The molecule has 0 spiro atoms. The van der Waals surface area contributed by atoms with E-state index >= 15 is 0 Å². The molecule has 19 heavy (non-hydrogen) atoms. The number of hydrogen-bond acceptors (Lipinski definition) is 2. The van der Waals surface area contributed by atoms with Crippen LogP contribution in [0.2, 0.25) is 0 Å². The molecule has 2 aliphatic rings. The van der Waals surface area contributed by atoms with Gasteiger partial charge in [-0.3, -0.25) is 4.90 Å². The first-order chi connectivity index (χ1) is 9.29. The van der Waals surface area contributed by atoms with Crippen LogP contribution in [0, 0.1) is 5.41 Å². The lowest BCUT2D eigenvalue weighted by atomic mass is 9.83. The van der Waals surface area contributed by atoms with Crippen molar-refractivity contribution in [2.24, 2.45) is 5.41 Å². The number of nitrogens with one attached hydrogen (secondary N) is 1. The molecule has 1 aliphatic carbocycles. The first-order valence-corrected chi connectivity index (χ1v) is 8.74. The molecule has 1 N–H and O–H groups in total. The Balaban J connectivity index is 1.91. The zero-order valence-corrected chi connectivity index (χ0v) is 13.2. The van der Waals surface area contributed by atoms with E-state index in [1.54, 1.807) is 0 Å². The average Bonchev–Trinajstić information content (AvgIpc) is 2.88. The Bertz CT molecular complexity index is 246. The SMILES string of the molecule is CCCNCC1(CN2CCCCC2CC)CCCC1. The summed E-state index contributed by atoms with van der Waals surface area (Å²) in [7, 11) is 0. The lowest BCUT2D eigenvalue weighted by molar-refractivity contribution is 0.0790. The molecule has 2 heteroatoms. The summed E-state index contributed by atoms with van der Waals surface area (Å²) in [5.41, 5.74) is 0.597. The highest BCUT2D eigenvalue weighted by Gasteiger charge is 2.37. The molecular weight excluding hydrogens is 232 g/mol. The van der Waals surface area contributed by atoms with Gasteiger partial charge < -0.3 is 5.32 Å². The third kappa shape index (κ3) is 4.19. The van der Waals surface area contributed by atoms with Gasteiger partial charge in [0, 0.05) is 19.1 Å². The van der Waals surface area contributed by atoms with Crippen LogP contribution in [0.25, 0.3) is 0 Å². The Labute approximate surface area is 120 Å². The summed E-state index contributed by atoms with van der Waals surface area (Å²) >= 11 is 0. The zero-order chi connectivity index (χ0) is 13.6. The van der Waals surface area contributed by atoms with Gasteiger partial charge >= 0.3 is 0 Å². The molecule has 1 aliphatic heterocycles. The van der Waals surface area contributed by atoms with Crippen molar-refractivity contribution in [2.45, 2.75) is 77.7 Å². The van der Waals surface area contributed by atoms with Crippen LogP contribution in [-0.4, -0.2) is 37.1 Å². The second-order valence-electron chi connectivity index (χ2n) is 6.91. The predicted molar refractivity (Wildman–Crippen MR) is 83.6 cm³/mol. The van der Waals surface area contributed by atoms with Gasteiger partial charge in [-0.1, -0.05) is 33.1 Å². The summed E-state index contributed by atoms with van der Waals surface area (Å²) < 4.78 is 0. The topological polar surface area (TPSA) is 15.3 Å². The number of nitrogens with zero attached hydrogens (tertiary/aromatic N) is 1. The average molecular weight is 266 g/mol. The highest BCUT2D eigenvalue weighted by Crippen LogP contribution is 2.39. The lowest BCUT2D eigenvalue weighted by Crippen LogP contribution is -2.48.